The highest BCUT2D eigenvalue weighted by molar-refractivity contribution is 7.90. The van der Waals surface area contributed by atoms with Gasteiger partial charge in [-0.3, -0.25) is 19.8 Å². The number of piperazine rings is 1. The zero-order chi connectivity index (χ0) is 23.3. The second kappa shape index (κ2) is 9.87. The number of anilines is 3. The van der Waals surface area contributed by atoms with Crippen molar-refractivity contribution in [2.75, 3.05) is 55.8 Å². The van der Waals surface area contributed by atoms with Gasteiger partial charge in [-0.25, -0.2) is 18.4 Å². The Kier molecular flexibility index (Phi) is 7.20. The molecule has 0 radical (unpaired) electrons. The van der Waals surface area contributed by atoms with Crippen LogP contribution in [-0.4, -0.2) is 79.8 Å². The lowest BCUT2D eigenvalue weighted by atomic mass is 10.2. The number of aromatic nitrogens is 2. The molecule has 0 saturated carbocycles. The lowest BCUT2D eigenvalue weighted by molar-refractivity contribution is -0.383. The van der Waals surface area contributed by atoms with Crippen molar-refractivity contribution in [3.8, 4) is 0 Å². The molecule has 172 valence electrons. The van der Waals surface area contributed by atoms with Gasteiger partial charge in [0.15, 0.2) is 9.84 Å². The average molecular weight is 465 g/mol. The lowest BCUT2D eigenvalue weighted by Gasteiger charge is -2.34. The average Bonchev–Trinajstić information content (AvgIpc) is 2.73. The van der Waals surface area contributed by atoms with E-state index in [9.17, 15) is 23.3 Å². The maximum absolute atomic E-state index is 11.9. The van der Waals surface area contributed by atoms with Gasteiger partial charge in [-0.2, -0.15) is 0 Å². The number of rotatable bonds is 8. The van der Waals surface area contributed by atoms with Crippen molar-refractivity contribution >= 4 is 38.8 Å². The second-order valence-corrected chi connectivity index (χ2v) is 9.26. The van der Waals surface area contributed by atoms with Crippen LogP contribution in [-0.2, 0) is 19.4 Å². The van der Waals surface area contributed by atoms with Crippen LogP contribution in [0.4, 0.5) is 23.0 Å². The van der Waals surface area contributed by atoms with Crippen LogP contribution in [0.1, 0.15) is 6.92 Å². The zero-order valence-electron chi connectivity index (χ0n) is 17.7. The molecule has 0 aliphatic carbocycles. The summed E-state index contributed by atoms with van der Waals surface area (Å²) >= 11 is 0. The highest BCUT2D eigenvalue weighted by atomic mass is 32.2. The third-order valence-corrected chi connectivity index (χ3v) is 6.04. The number of carbonyl (C=O) groups excluding carboxylic acids is 1. The zero-order valence-corrected chi connectivity index (χ0v) is 18.5. The number of hydrogen-bond acceptors (Lipinski definition) is 11. The number of carbonyl (C=O) groups is 1. The Bertz CT molecular complexity index is 1080. The van der Waals surface area contributed by atoms with Gasteiger partial charge in [0.2, 0.25) is 11.6 Å². The van der Waals surface area contributed by atoms with Crippen molar-refractivity contribution in [2.45, 2.75) is 11.8 Å². The van der Waals surface area contributed by atoms with E-state index in [0.29, 0.717) is 45.0 Å². The molecule has 3 rings (SSSR count). The Morgan fingerprint density at radius 3 is 2.41 bits per heavy atom. The lowest BCUT2D eigenvalue weighted by Crippen LogP contribution is -2.47. The van der Waals surface area contributed by atoms with Crippen LogP contribution in [0, 0.1) is 10.1 Å². The van der Waals surface area contributed by atoms with Crippen LogP contribution in [0.3, 0.4) is 0 Å². The number of nitrogens with one attached hydrogen (secondary N) is 1. The van der Waals surface area contributed by atoms with Crippen molar-refractivity contribution in [3.63, 3.8) is 0 Å². The predicted molar refractivity (Wildman–Crippen MR) is 117 cm³/mol. The molecule has 32 heavy (non-hydrogen) atoms. The Labute approximate surface area is 185 Å². The van der Waals surface area contributed by atoms with Crippen LogP contribution in [0.5, 0.6) is 0 Å². The van der Waals surface area contributed by atoms with E-state index in [1.807, 2.05) is 4.90 Å². The minimum absolute atomic E-state index is 0.0180. The van der Waals surface area contributed by atoms with Crippen molar-refractivity contribution in [1.29, 1.82) is 0 Å². The third kappa shape index (κ3) is 5.88. The van der Waals surface area contributed by atoms with Gasteiger partial charge in [-0.05, 0) is 24.3 Å². The molecular formula is C19H24N6O6S. The first kappa shape index (κ1) is 23.3. The topological polar surface area (TPSA) is 148 Å². The van der Waals surface area contributed by atoms with E-state index in [4.69, 9.17) is 4.74 Å². The van der Waals surface area contributed by atoms with Crippen molar-refractivity contribution < 1.29 is 22.9 Å². The number of esters is 1. The first-order valence-electron chi connectivity index (χ1n) is 9.82. The van der Waals surface area contributed by atoms with Gasteiger partial charge in [-0.15, -0.1) is 0 Å². The monoisotopic (exact) mass is 464 g/mol. The fourth-order valence-corrected chi connectivity index (χ4v) is 3.91. The molecule has 1 saturated heterocycles. The molecule has 0 unspecified atom stereocenters. The molecule has 2 aromatic rings. The summed E-state index contributed by atoms with van der Waals surface area (Å²) in [6, 6.07) is 5.87. The fraction of sp³-hybridized carbons (Fsp3) is 0.421. The molecule has 1 aromatic carbocycles. The SMILES string of the molecule is CC(=O)OCCN1CCN(c2ncnc(Nc3ccc(S(C)(=O)=O)cc3)c2[N+](=O)[O-])CC1. The molecule has 13 heteroatoms. The van der Waals surface area contributed by atoms with Crippen LogP contribution in [0.25, 0.3) is 0 Å². The van der Waals surface area contributed by atoms with Gasteiger partial charge in [0, 0.05) is 51.6 Å². The number of benzene rings is 1. The number of hydrogen-bond donors (Lipinski definition) is 1. The summed E-state index contributed by atoms with van der Waals surface area (Å²) in [6.45, 7) is 4.56. The molecular weight excluding hydrogens is 440 g/mol. The van der Waals surface area contributed by atoms with E-state index in [0.717, 1.165) is 6.26 Å². The Hall–Kier alpha value is -3.32. The second-order valence-electron chi connectivity index (χ2n) is 7.24. The summed E-state index contributed by atoms with van der Waals surface area (Å²) in [6.07, 6.45) is 2.36. The first-order chi connectivity index (χ1) is 15.1. The van der Waals surface area contributed by atoms with E-state index in [1.54, 1.807) is 0 Å². The molecule has 1 aromatic heterocycles. The van der Waals surface area contributed by atoms with Crippen LogP contribution >= 0.6 is 0 Å². The molecule has 0 amide bonds. The maximum Gasteiger partial charge on any atom is 0.353 e. The maximum atomic E-state index is 11.9. The molecule has 1 N–H and O–H groups in total. The third-order valence-electron chi connectivity index (χ3n) is 4.92. The fourth-order valence-electron chi connectivity index (χ4n) is 3.28. The molecule has 1 aliphatic heterocycles. The van der Waals surface area contributed by atoms with E-state index in [1.165, 1.54) is 37.5 Å². The smallest absolute Gasteiger partial charge is 0.353 e. The quantitative estimate of drug-likeness (QED) is 0.341. The molecule has 0 spiro atoms. The van der Waals surface area contributed by atoms with E-state index >= 15 is 0 Å². The predicted octanol–water partition coefficient (Wildman–Crippen LogP) is 1.22. The molecule has 1 fully saturated rings. The molecule has 0 bridgehead atoms. The van der Waals surface area contributed by atoms with Crippen molar-refractivity contribution in [3.05, 3.63) is 40.7 Å². The summed E-state index contributed by atoms with van der Waals surface area (Å²) in [5.41, 5.74) is 0.202. The Morgan fingerprint density at radius 2 is 1.84 bits per heavy atom. The van der Waals surface area contributed by atoms with Gasteiger partial charge in [0.25, 0.3) is 0 Å². The summed E-state index contributed by atoms with van der Waals surface area (Å²) in [4.78, 5) is 34.5. The minimum atomic E-state index is -3.35. The highest BCUT2D eigenvalue weighted by Gasteiger charge is 2.29. The summed E-state index contributed by atoms with van der Waals surface area (Å²) in [7, 11) is -3.35. The van der Waals surface area contributed by atoms with Gasteiger partial charge in [0.05, 0.1) is 9.82 Å². The van der Waals surface area contributed by atoms with Gasteiger partial charge in [-0.1, -0.05) is 0 Å². The number of sulfone groups is 1. The van der Waals surface area contributed by atoms with Crippen LogP contribution in [0.15, 0.2) is 35.5 Å². The Balaban J connectivity index is 1.74. The number of ether oxygens (including phenoxy) is 1. The summed E-state index contributed by atoms with van der Waals surface area (Å²) in [5, 5.41) is 14.7. The standard InChI is InChI=1S/C19H24N6O6S/c1-14(26)31-12-11-23-7-9-24(10-8-23)19-17(25(27)28)18(20-13-21-19)22-15-3-5-16(6-4-15)32(2,29)30/h3-6,13H,7-12H2,1-2H3,(H,20,21,22). The summed E-state index contributed by atoms with van der Waals surface area (Å²) in [5.74, 6) is -0.101. The minimum Gasteiger partial charge on any atom is -0.465 e. The summed E-state index contributed by atoms with van der Waals surface area (Å²) < 4.78 is 28.2. The molecule has 1 aliphatic rings. The number of nitro groups is 1. The Morgan fingerprint density at radius 1 is 1.19 bits per heavy atom. The van der Waals surface area contributed by atoms with E-state index in [-0.39, 0.29) is 28.2 Å². The van der Waals surface area contributed by atoms with Gasteiger partial charge in [0.1, 0.15) is 12.9 Å². The van der Waals surface area contributed by atoms with Gasteiger partial charge >= 0.3 is 11.7 Å². The van der Waals surface area contributed by atoms with Crippen molar-refractivity contribution in [2.24, 2.45) is 0 Å². The van der Waals surface area contributed by atoms with Crippen LogP contribution in [0.2, 0.25) is 0 Å². The molecule has 0 atom stereocenters. The van der Waals surface area contributed by atoms with E-state index in [2.05, 4.69) is 20.2 Å². The van der Waals surface area contributed by atoms with Gasteiger partial charge < -0.3 is 15.0 Å². The largest absolute Gasteiger partial charge is 0.465 e. The highest BCUT2D eigenvalue weighted by Crippen LogP contribution is 2.34. The van der Waals surface area contributed by atoms with Crippen molar-refractivity contribution in [1.82, 2.24) is 14.9 Å². The normalized spacial score (nSPS) is 14.8. The van der Waals surface area contributed by atoms with Crippen LogP contribution < -0.4 is 10.2 Å². The molecule has 12 nitrogen and oxygen atoms in total. The van der Waals surface area contributed by atoms with E-state index < -0.39 is 14.8 Å². The first-order valence-corrected chi connectivity index (χ1v) is 11.7. The molecule has 2 heterocycles. The number of nitrogens with zero attached hydrogens (tertiary/aromatic N) is 5.